The molecule has 1 aromatic heterocycles. The zero-order valence-corrected chi connectivity index (χ0v) is 17.8. The van der Waals surface area contributed by atoms with Gasteiger partial charge in [-0.05, 0) is 31.0 Å². The molecule has 0 atom stereocenters. The lowest BCUT2D eigenvalue weighted by molar-refractivity contribution is -0.117. The number of amides is 2. The maximum atomic E-state index is 13.1. The Labute approximate surface area is 175 Å². The highest BCUT2D eigenvalue weighted by Crippen LogP contribution is 2.15. The minimum atomic E-state index is -0.236. The van der Waals surface area contributed by atoms with E-state index in [1.807, 2.05) is 36.6 Å². The fraction of sp³-hybridized carbons (Fsp3) is 0.476. The number of nitrogens with zero attached hydrogens (tertiary/aromatic N) is 3. The number of hydrogen-bond donors (Lipinski definition) is 1. The van der Waals surface area contributed by atoms with Crippen molar-refractivity contribution in [1.29, 1.82) is 0 Å². The molecule has 0 spiro atoms. The Bertz CT molecular complexity index is 816. The summed E-state index contributed by atoms with van der Waals surface area (Å²) in [5.41, 5.74) is 2.64. The standard InChI is InChI=1S/C21H28N4O3S/c1-3-17-4-6-18(7-5-17)20(27)25(9-8-24-10-12-28-13-11-24)14-19(26)23-21-22-16(2)15-29-21/h4-7,15H,3,8-14H2,1-2H3,(H,22,23,26). The van der Waals surface area contributed by atoms with Gasteiger partial charge in [0.05, 0.1) is 18.9 Å². The molecule has 0 radical (unpaired) electrons. The Balaban J connectivity index is 1.66. The van der Waals surface area contributed by atoms with Crippen molar-refractivity contribution in [3.05, 3.63) is 46.5 Å². The number of anilines is 1. The lowest BCUT2D eigenvalue weighted by Gasteiger charge is -2.30. The molecule has 1 aliphatic heterocycles. The normalized spacial score (nSPS) is 14.6. The Kier molecular flexibility index (Phi) is 7.74. The number of ether oxygens (including phenoxy) is 1. The predicted octanol–water partition coefficient (Wildman–Crippen LogP) is 2.43. The Morgan fingerprint density at radius 1 is 1.24 bits per heavy atom. The van der Waals surface area contributed by atoms with E-state index in [2.05, 4.69) is 22.1 Å². The van der Waals surface area contributed by atoms with Crippen molar-refractivity contribution in [2.45, 2.75) is 20.3 Å². The fourth-order valence-electron chi connectivity index (χ4n) is 3.15. The third-order valence-corrected chi connectivity index (χ3v) is 5.76. The first-order valence-electron chi connectivity index (χ1n) is 9.95. The van der Waals surface area contributed by atoms with Gasteiger partial charge in [-0.2, -0.15) is 0 Å². The van der Waals surface area contributed by atoms with E-state index in [1.54, 1.807) is 4.90 Å². The van der Waals surface area contributed by atoms with Gasteiger partial charge in [-0.25, -0.2) is 4.98 Å². The summed E-state index contributed by atoms with van der Waals surface area (Å²) < 4.78 is 5.39. The van der Waals surface area contributed by atoms with Crippen molar-refractivity contribution in [3.8, 4) is 0 Å². The molecule has 1 aliphatic rings. The highest BCUT2D eigenvalue weighted by atomic mass is 32.1. The van der Waals surface area contributed by atoms with Crippen LogP contribution in [0.5, 0.6) is 0 Å². The molecule has 8 heteroatoms. The van der Waals surface area contributed by atoms with E-state index in [4.69, 9.17) is 4.74 Å². The summed E-state index contributed by atoms with van der Waals surface area (Å²) in [5.74, 6) is -0.369. The molecule has 2 amide bonds. The molecule has 2 heterocycles. The van der Waals surface area contributed by atoms with Gasteiger partial charge in [-0.1, -0.05) is 19.1 Å². The first kappa shape index (κ1) is 21.4. The molecule has 1 aromatic carbocycles. The third-order valence-electron chi connectivity index (χ3n) is 4.89. The van der Waals surface area contributed by atoms with E-state index >= 15 is 0 Å². The quantitative estimate of drug-likeness (QED) is 0.715. The largest absolute Gasteiger partial charge is 0.379 e. The van der Waals surface area contributed by atoms with Crippen molar-refractivity contribution >= 4 is 28.3 Å². The number of rotatable bonds is 8. The van der Waals surface area contributed by atoms with E-state index in [9.17, 15) is 9.59 Å². The van der Waals surface area contributed by atoms with Crippen molar-refractivity contribution < 1.29 is 14.3 Å². The van der Waals surface area contributed by atoms with Gasteiger partial charge in [0, 0.05) is 37.1 Å². The molecule has 1 fully saturated rings. The number of carbonyl (C=O) groups is 2. The smallest absolute Gasteiger partial charge is 0.254 e. The van der Waals surface area contributed by atoms with Gasteiger partial charge in [-0.3, -0.25) is 14.5 Å². The van der Waals surface area contributed by atoms with E-state index in [-0.39, 0.29) is 18.4 Å². The van der Waals surface area contributed by atoms with Crippen LogP contribution >= 0.6 is 11.3 Å². The molecule has 0 unspecified atom stereocenters. The van der Waals surface area contributed by atoms with Crippen LogP contribution in [0.25, 0.3) is 0 Å². The van der Waals surface area contributed by atoms with Gasteiger partial charge in [0.25, 0.3) is 5.91 Å². The molecular weight excluding hydrogens is 388 g/mol. The van der Waals surface area contributed by atoms with Gasteiger partial charge in [-0.15, -0.1) is 11.3 Å². The van der Waals surface area contributed by atoms with E-state index in [0.29, 0.717) is 37.0 Å². The van der Waals surface area contributed by atoms with Crippen LogP contribution in [-0.4, -0.2) is 72.5 Å². The second kappa shape index (κ2) is 10.5. The number of aromatic nitrogens is 1. The van der Waals surface area contributed by atoms with Crippen LogP contribution in [0.2, 0.25) is 0 Å². The topological polar surface area (TPSA) is 74.8 Å². The Hall–Kier alpha value is -2.29. The summed E-state index contributed by atoms with van der Waals surface area (Å²) in [6, 6.07) is 7.60. The maximum Gasteiger partial charge on any atom is 0.254 e. The summed E-state index contributed by atoms with van der Waals surface area (Å²) in [6.45, 7) is 8.25. The predicted molar refractivity (Wildman–Crippen MR) is 114 cm³/mol. The molecule has 29 heavy (non-hydrogen) atoms. The van der Waals surface area contributed by atoms with Crippen LogP contribution in [0.3, 0.4) is 0 Å². The van der Waals surface area contributed by atoms with Crippen LogP contribution < -0.4 is 5.32 Å². The van der Waals surface area contributed by atoms with Crippen LogP contribution in [0.1, 0.15) is 28.5 Å². The highest BCUT2D eigenvalue weighted by molar-refractivity contribution is 7.13. The first-order valence-corrected chi connectivity index (χ1v) is 10.8. The first-order chi connectivity index (χ1) is 14.0. The SMILES string of the molecule is CCc1ccc(C(=O)N(CCN2CCOCC2)CC(=O)Nc2nc(C)cs2)cc1. The molecule has 1 saturated heterocycles. The number of nitrogens with one attached hydrogen (secondary N) is 1. The minimum absolute atomic E-state index is 0.00265. The summed E-state index contributed by atoms with van der Waals surface area (Å²) >= 11 is 1.38. The number of hydrogen-bond acceptors (Lipinski definition) is 6. The van der Waals surface area contributed by atoms with Gasteiger partial charge >= 0.3 is 0 Å². The molecule has 0 aliphatic carbocycles. The number of aryl methyl sites for hydroxylation is 2. The summed E-state index contributed by atoms with van der Waals surface area (Å²) in [4.78, 5) is 33.8. The molecule has 1 N–H and O–H groups in total. The molecular formula is C21H28N4O3S. The lowest BCUT2D eigenvalue weighted by Crippen LogP contribution is -2.45. The highest BCUT2D eigenvalue weighted by Gasteiger charge is 2.21. The second-order valence-corrected chi connectivity index (χ2v) is 7.93. The van der Waals surface area contributed by atoms with Crippen LogP contribution in [0.4, 0.5) is 5.13 Å². The molecule has 7 nitrogen and oxygen atoms in total. The van der Waals surface area contributed by atoms with Crippen LogP contribution in [0.15, 0.2) is 29.6 Å². The maximum absolute atomic E-state index is 13.1. The Morgan fingerprint density at radius 3 is 2.59 bits per heavy atom. The minimum Gasteiger partial charge on any atom is -0.379 e. The lowest BCUT2D eigenvalue weighted by atomic mass is 10.1. The van der Waals surface area contributed by atoms with Crippen molar-refractivity contribution in [2.24, 2.45) is 0 Å². The van der Waals surface area contributed by atoms with E-state index in [0.717, 1.165) is 25.2 Å². The zero-order chi connectivity index (χ0) is 20.6. The number of thiazole rings is 1. The summed E-state index contributed by atoms with van der Waals surface area (Å²) in [6.07, 6.45) is 0.921. The van der Waals surface area contributed by atoms with Crippen molar-refractivity contribution in [3.63, 3.8) is 0 Å². The average molecular weight is 417 g/mol. The van der Waals surface area contributed by atoms with E-state index < -0.39 is 0 Å². The third kappa shape index (κ3) is 6.35. The van der Waals surface area contributed by atoms with Gasteiger partial charge < -0.3 is 15.0 Å². The van der Waals surface area contributed by atoms with Gasteiger partial charge in [0.1, 0.15) is 6.54 Å². The molecule has 156 valence electrons. The number of morpholine rings is 1. The van der Waals surface area contributed by atoms with Gasteiger partial charge in [0.15, 0.2) is 5.13 Å². The monoisotopic (exact) mass is 416 g/mol. The molecule has 0 bridgehead atoms. The zero-order valence-electron chi connectivity index (χ0n) is 17.0. The molecule has 0 saturated carbocycles. The summed E-state index contributed by atoms with van der Waals surface area (Å²) in [5, 5.41) is 5.23. The molecule has 2 aromatic rings. The average Bonchev–Trinajstić information content (AvgIpc) is 3.15. The Morgan fingerprint density at radius 2 is 1.97 bits per heavy atom. The number of carbonyl (C=O) groups excluding carboxylic acids is 2. The second-order valence-electron chi connectivity index (χ2n) is 7.07. The van der Waals surface area contributed by atoms with E-state index in [1.165, 1.54) is 16.9 Å². The van der Waals surface area contributed by atoms with Crippen molar-refractivity contribution in [1.82, 2.24) is 14.8 Å². The van der Waals surface area contributed by atoms with Crippen LogP contribution in [-0.2, 0) is 16.0 Å². The fourth-order valence-corrected chi connectivity index (χ4v) is 3.85. The van der Waals surface area contributed by atoms with Crippen molar-refractivity contribution in [2.75, 3.05) is 51.3 Å². The molecule has 3 rings (SSSR count). The number of benzene rings is 1. The van der Waals surface area contributed by atoms with Gasteiger partial charge in [0.2, 0.25) is 5.91 Å². The summed E-state index contributed by atoms with van der Waals surface area (Å²) in [7, 11) is 0. The van der Waals surface area contributed by atoms with Crippen LogP contribution in [0, 0.1) is 6.92 Å².